The van der Waals surface area contributed by atoms with Crippen molar-refractivity contribution in [3.63, 3.8) is 0 Å². The Bertz CT molecular complexity index is 860. The SMILES string of the molecule is CCOC(=O)CCOc1ccc(Oc2nc3cc(Cl)ccc3o2)cc1. The van der Waals surface area contributed by atoms with Gasteiger partial charge in [0.05, 0.1) is 19.6 Å². The van der Waals surface area contributed by atoms with Crippen LogP contribution in [-0.2, 0) is 9.53 Å². The minimum atomic E-state index is -0.279. The molecule has 0 saturated heterocycles. The zero-order valence-corrected chi connectivity index (χ0v) is 14.3. The number of aromatic nitrogens is 1. The average molecular weight is 362 g/mol. The molecule has 0 atom stereocenters. The maximum Gasteiger partial charge on any atom is 0.400 e. The highest BCUT2D eigenvalue weighted by atomic mass is 35.5. The normalized spacial score (nSPS) is 10.6. The summed E-state index contributed by atoms with van der Waals surface area (Å²) in [6, 6.07) is 12.1. The van der Waals surface area contributed by atoms with E-state index in [1.165, 1.54) is 0 Å². The lowest BCUT2D eigenvalue weighted by atomic mass is 10.3. The average Bonchev–Trinajstić information content (AvgIpc) is 2.98. The number of nitrogens with zero attached hydrogens (tertiary/aromatic N) is 1. The summed E-state index contributed by atoms with van der Waals surface area (Å²) in [5.74, 6) is 0.898. The smallest absolute Gasteiger partial charge is 0.400 e. The molecule has 3 rings (SSSR count). The Hall–Kier alpha value is -2.73. The van der Waals surface area contributed by atoms with Crippen LogP contribution in [0.1, 0.15) is 13.3 Å². The zero-order chi connectivity index (χ0) is 17.6. The van der Waals surface area contributed by atoms with Crippen LogP contribution in [0, 0.1) is 0 Å². The van der Waals surface area contributed by atoms with E-state index in [0.29, 0.717) is 34.2 Å². The van der Waals surface area contributed by atoms with E-state index in [9.17, 15) is 4.79 Å². The minimum Gasteiger partial charge on any atom is -0.493 e. The molecule has 3 aromatic rings. The molecule has 1 heterocycles. The Morgan fingerprint density at radius 2 is 1.92 bits per heavy atom. The number of carbonyl (C=O) groups excluding carboxylic acids is 1. The maximum atomic E-state index is 11.2. The Morgan fingerprint density at radius 1 is 1.16 bits per heavy atom. The maximum absolute atomic E-state index is 11.2. The molecule has 1 aromatic heterocycles. The van der Waals surface area contributed by atoms with Crippen molar-refractivity contribution in [2.45, 2.75) is 13.3 Å². The predicted molar refractivity (Wildman–Crippen MR) is 92.3 cm³/mol. The molecule has 0 unspecified atom stereocenters. The summed E-state index contributed by atoms with van der Waals surface area (Å²) in [6.07, 6.45) is 0.339. The van der Waals surface area contributed by atoms with Crippen LogP contribution in [0.2, 0.25) is 5.02 Å². The first-order valence-electron chi connectivity index (χ1n) is 7.76. The molecule has 0 fully saturated rings. The van der Waals surface area contributed by atoms with Crippen molar-refractivity contribution in [3.8, 4) is 17.6 Å². The molecule has 0 spiro atoms. The zero-order valence-electron chi connectivity index (χ0n) is 13.5. The van der Waals surface area contributed by atoms with Crippen LogP contribution >= 0.6 is 11.6 Å². The van der Waals surface area contributed by atoms with Crippen LogP contribution in [0.25, 0.3) is 11.1 Å². The standard InChI is InChI=1S/C18H16ClNO5/c1-2-22-17(21)9-10-23-13-4-6-14(7-5-13)24-18-20-15-11-12(19)3-8-16(15)25-18/h3-8,11H,2,9-10H2,1H3. The number of ether oxygens (including phenoxy) is 3. The van der Waals surface area contributed by atoms with Crippen molar-refractivity contribution in [1.82, 2.24) is 4.98 Å². The molecular formula is C18H16ClNO5. The first kappa shape index (κ1) is 17.1. The van der Waals surface area contributed by atoms with Gasteiger partial charge < -0.3 is 18.6 Å². The minimum absolute atomic E-state index is 0.133. The van der Waals surface area contributed by atoms with Crippen LogP contribution < -0.4 is 9.47 Å². The monoisotopic (exact) mass is 361 g/mol. The molecule has 6 nitrogen and oxygen atoms in total. The van der Waals surface area contributed by atoms with Gasteiger partial charge in [0, 0.05) is 5.02 Å². The van der Waals surface area contributed by atoms with Gasteiger partial charge in [-0.05, 0) is 49.4 Å². The van der Waals surface area contributed by atoms with E-state index in [4.69, 9.17) is 30.2 Å². The van der Waals surface area contributed by atoms with Crippen LogP contribution in [0.3, 0.4) is 0 Å². The third-order valence-corrected chi connectivity index (χ3v) is 3.47. The third-order valence-electron chi connectivity index (χ3n) is 3.24. The quantitative estimate of drug-likeness (QED) is 0.572. The molecule has 7 heteroatoms. The van der Waals surface area contributed by atoms with Gasteiger partial charge in [-0.2, -0.15) is 4.98 Å². The predicted octanol–water partition coefficient (Wildman–Crippen LogP) is 4.61. The molecule has 0 amide bonds. The highest BCUT2D eigenvalue weighted by molar-refractivity contribution is 6.31. The molecule has 0 radical (unpaired) electrons. The molecule has 0 bridgehead atoms. The van der Waals surface area contributed by atoms with Crippen LogP contribution in [-0.4, -0.2) is 24.2 Å². The van der Waals surface area contributed by atoms with Crippen molar-refractivity contribution < 1.29 is 23.4 Å². The second kappa shape index (κ2) is 7.90. The molecular weight excluding hydrogens is 346 g/mol. The molecule has 0 N–H and O–H groups in total. The lowest BCUT2D eigenvalue weighted by molar-refractivity contribution is -0.143. The number of carbonyl (C=O) groups is 1. The number of benzene rings is 2. The first-order valence-corrected chi connectivity index (χ1v) is 8.14. The topological polar surface area (TPSA) is 70.8 Å². The van der Waals surface area contributed by atoms with Gasteiger partial charge in [0.25, 0.3) is 0 Å². The largest absolute Gasteiger partial charge is 0.493 e. The fraction of sp³-hybridized carbons (Fsp3) is 0.222. The number of oxazole rings is 1. The third kappa shape index (κ3) is 4.64. The highest BCUT2D eigenvalue weighted by Crippen LogP contribution is 2.28. The second-order valence-corrected chi connectivity index (χ2v) is 5.51. The van der Waals surface area contributed by atoms with Gasteiger partial charge in [0.1, 0.15) is 17.0 Å². The van der Waals surface area contributed by atoms with Gasteiger partial charge in [-0.3, -0.25) is 4.79 Å². The highest BCUT2D eigenvalue weighted by Gasteiger charge is 2.09. The summed E-state index contributed by atoms with van der Waals surface area (Å²) < 4.78 is 21.4. The van der Waals surface area contributed by atoms with E-state index in [1.807, 2.05) is 0 Å². The van der Waals surface area contributed by atoms with Crippen molar-refractivity contribution in [1.29, 1.82) is 0 Å². The van der Waals surface area contributed by atoms with Crippen molar-refractivity contribution in [2.75, 3.05) is 13.2 Å². The molecule has 130 valence electrons. The number of rotatable bonds is 7. The molecule has 0 aliphatic carbocycles. The van der Waals surface area contributed by atoms with E-state index < -0.39 is 0 Å². The molecule has 0 saturated carbocycles. The number of hydrogen-bond acceptors (Lipinski definition) is 6. The van der Waals surface area contributed by atoms with Gasteiger partial charge in [0.2, 0.25) is 0 Å². The van der Waals surface area contributed by atoms with Crippen LogP contribution in [0.15, 0.2) is 46.9 Å². The van der Waals surface area contributed by atoms with E-state index >= 15 is 0 Å². The summed E-state index contributed by atoms with van der Waals surface area (Å²) in [5, 5.41) is 0.580. The Balaban J connectivity index is 1.57. The second-order valence-electron chi connectivity index (χ2n) is 5.07. The van der Waals surface area contributed by atoms with Gasteiger partial charge in [-0.25, -0.2) is 0 Å². The van der Waals surface area contributed by atoms with Crippen molar-refractivity contribution in [3.05, 3.63) is 47.5 Å². The van der Waals surface area contributed by atoms with E-state index in [2.05, 4.69) is 4.98 Å². The molecule has 25 heavy (non-hydrogen) atoms. The fourth-order valence-electron chi connectivity index (χ4n) is 2.11. The Labute approximate surface area is 149 Å². The lowest BCUT2D eigenvalue weighted by Crippen LogP contribution is -2.09. The van der Waals surface area contributed by atoms with Crippen LogP contribution in [0.4, 0.5) is 0 Å². The fourth-order valence-corrected chi connectivity index (χ4v) is 2.28. The number of halogens is 1. The van der Waals surface area contributed by atoms with E-state index in [1.54, 1.807) is 49.4 Å². The Kier molecular flexibility index (Phi) is 5.40. The lowest BCUT2D eigenvalue weighted by Gasteiger charge is -2.06. The summed E-state index contributed by atoms with van der Waals surface area (Å²) in [7, 11) is 0. The first-order chi connectivity index (χ1) is 12.1. The van der Waals surface area contributed by atoms with Gasteiger partial charge in [0.15, 0.2) is 5.58 Å². The van der Waals surface area contributed by atoms with Gasteiger partial charge >= 0.3 is 12.0 Å². The van der Waals surface area contributed by atoms with Gasteiger partial charge in [-0.1, -0.05) is 11.6 Å². The number of esters is 1. The molecule has 2 aromatic carbocycles. The summed E-state index contributed by atoms with van der Waals surface area (Å²) in [4.78, 5) is 15.5. The van der Waals surface area contributed by atoms with E-state index in [-0.39, 0.29) is 25.1 Å². The summed E-state index contributed by atoms with van der Waals surface area (Å²) in [6.45, 7) is 2.39. The van der Waals surface area contributed by atoms with Crippen molar-refractivity contribution >= 4 is 28.7 Å². The van der Waals surface area contributed by atoms with Crippen LogP contribution in [0.5, 0.6) is 17.6 Å². The van der Waals surface area contributed by atoms with Crippen molar-refractivity contribution in [2.24, 2.45) is 0 Å². The van der Waals surface area contributed by atoms with E-state index in [0.717, 1.165) is 0 Å². The summed E-state index contributed by atoms with van der Waals surface area (Å²) >= 11 is 5.92. The molecule has 0 aliphatic rings. The number of fused-ring (bicyclic) bond motifs is 1. The number of hydrogen-bond donors (Lipinski definition) is 0. The molecule has 0 aliphatic heterocycles. The summed E-state index contributed by atoms with van der Waals surface area (Å²) in [5.41, 5.74) is 1.22. The Morgan fingerprint density at radius 3 is 2.68 bits per heavy atom. The van der Waals surface area contributed by atoms with Gasteiger partial charge in [-0.15, -0.1) is 0 Å².